The molecule has 1 rings (SSSR count). The van der Waals surface area contributed by atoms with Crippen molar-refractivity contribution in [3.05, 3.63) is 23.8 Å². The van der Waals surface area contributed by atoms with Crippen LogP contribution in [0.3, 0.4) is 0 Å². The minimum atomic E-state index is -1.25. The molecule has 2 unspecified atom stereocenters. The van der Waals surface area contributed by atoms with E-state index in [0.717, 1.165) is 0 Å². The maximum Gasteiger partial charge on any atom is 0.313 e. The van der Waals surface area contributed by atoms with Gasteiger partial charge in [-0.15, -0.1) is 0 Å². The van der Waals surface area contributed by atoms with E-state index in [4.69, 9.17) is 5.11 Å². The number of allylic oxidation sites excluding steroid dienone is 2. The zero-order chi connectivity index (χ0) is 9.35. The molecular weight excluding hydrogens is 156 g/mol. The molecule has 0 bridgehead atoms. The van der Waals surface area contributed by atoms with E-state index in [1.54, 1.807) is 19.1 Å². The summed E-state index contributed by atoms with van der Waals surface area (Å²) in [6.45, 7) is 3.24. The van der Waals surface area contributed by atoms with Crippen LogP contribution in [-0.4, -0.2) is 21.8 Å². The van der Waals surface area contributed by atoms with Gasteiger partial charge in [-0.25, -0.2) is 0 Å². The molecule has 0 aromatic rings. The van der Waals surface area contributed by atoms with Crippen LogP contribution in [0.1, 0.15) is 13.8 Å². The summed E-state index contributed by atoms with van der Waals surface area (Å²) in [4.78, 5) is 10.7. The predicted molar refractivity (Wildman–Crippen MR) is 44.6 cm³/mol. The third kappa shape index (κ3) is 1.28. The van der Waals surface area contributed by atoms with Crippen molar-refractivity contribution < 1.29 is 15.0 Å². The topological polar surface area (TPSA) is 57.5 Å². The molecule has 0 aliphatic heterocycles. The summed E-state index contributed by atoms with van der Waals surface area (Å²) in [5.41, 5.74) is -0.571. The highest BCUT2D eigenvalue weighted by atomic mass is 16.4. The number of aliphatic hydroxyl groups is 1. The molecule has 1 aliphatic carbocycles. The van der Waals surface area contributed by atoms with Crippen LogP contribution in [0.2, 0.25) is 0 Å². The SMILES string of the molecule is CC1=CC=CC(C(=O)O)C1(C)O. The molecule has 2 atom stereocenters. The lowest BCUT2D eigenvalue weighted by Gasteiger charge is -2.31. The lowest BCUT2D eigenvalue weighted by molar-refractivity contribution is -0.146. The standard InChI is InChI=1S/C9H12O3/c1-6-4-3-5-7(8(10)11)9(6,2)12/h3-5,7,12H,1-2H3,(H,10,11). The molecule has 3 nitrogen and oxygen atoms in total. The highest BCUT2D eigenvalue weighted by Crippen LogP contribution is 2.30. The molecule has 2 N–H and O–H groups in total. The first-order valence-corrected chi connectivity index (χ1v) is 3.77. The zero-order valence-electron chi connectivity index (χ0n) is 7.11. The first kappa shape index (κ1) is 9.00. The van der Waals surface area contributed by atoms with E-state index in [0.29, 0.717) is 5.57 Å². The van der Waals surface area contributed by atoms with E-state index >= 15 is 0 Å². The Labute approximate surface area is 71.0 Å². The monoisotopic (exact) mass is 168 g/mol. The average Bonchev–Trinajstić information content (AvgIpc) is 1.94. The van der Waals surface area contributed by atoms with E-state index < -0.39 is 17.5 Å². The zero-order valence-corrected chi connectivity index (χ0v) is 7.11. The van der Waals surface area contributed by atoms with Gasteiger partial charge in [0.1, 0.15) is 5.92 Å². The predicted octanol–water partition coefficient (Wildman–Crippen LogP) is 0.954. The summed E-state index contributed by atoms with van der Waals surface area (Å²) >= 11 is 0. The van der Waals surface area contributed by atoms with Crippen LogP contribution in [0.4, 0.5) is 0 Å². The molecule has 0 aromatic heterocycles. The third-order valence-electron chi connectivity index (χ3n) is 2.32. The molecular formula is C9H12O3. The van der Waals surface area contributed by atoms with Crippen molar-refractivity contribution in [1.82, 2.24) is 0 Å². The molecule has 0 aromatic carbocycles. The quantitative estimate of drug-likeness (QED) is 0.613. The highest BCUT2D eigenvalue weighted by Gasteiger charge is 2.38. The number of hydrogen-bond donors (Lipinski definition) is 2. The summed E-state index contributed by atoms with van der Waals surface area (Å²) < 4.78 is 0. The number of carboxylic acid groups (broad SMARTS) is 1. The summed E-state index contributed by atoms with van der Waals surface area (Å²) in [6, 6.07) is 0. The van der Waals surface area contributed by atoms with E-state index in [2.05, 4.69) is 0 Å². The van der Waals surface area contributed by atoms with Gasteiger partial charge in [0.25, 0.3) is 0 Å². The Balaban J connectivity index is 3.01. The molecule has 0 spiro atoms. The number of carboxylic acids is 1. The normalized spacial score (nSPS) is 34.6. The molecule has 12 heavy (non-hydrogen) atoms. The molecule has 0 fully saturated rings. The fraction of sp³-hybridized carbons (Fsp3) is 0.444. The summed E-state index contributed by atoms with van der Waals surface area (Å²) in [7, 11) is 0. The van der Waals surface area contributed by atoms with Gasteiger partial charge in [0.05, 0.1) is 5.60 Å². The Bertz CT molecular complexity index is 261. The smallest absolute Gasteiger partial charge is 0.313 e. The van der Waals surface area contributed by atoms with E-state index in [1.165, 1.54) is 13.0 Å². The van der Waals surface area contributed by atoms with Crippen LogP contribution in [0, 0.1) is 5.92 Å². The molecule has 1 aliphatic rings. The van der Waals surface area contributed by atoms with E-state index in [1.807, 2.05) is 0 Å². The Morgan fingerprint density at radius 3 is 2.67 bits per heavy atom. The molecule has 0 amide bonds. The first-order chi connectivity index (χ1) is 5.46. The lowest BCUT2D eigenvalue weighted by Crippen LogP contribution is -2.40. The van der Waals surface area contributed by atoms with Crippen molar-refractivity contribution in [1.29, 1.82) is 0 Å². The summed E-state index contributed by atoms with van der Waals surface area (Å²) in [5, 5.41) is 18.5. The Morgan fingerprint density at radius 2 is 2.25 bits per heavy atom. The van der Waals surface area contributed by atoms with Gasteiger partial charge >= 0.3 is 5.97 Å². The largest absolute Gasteiger partial charge is 0.481 e. The number of aliphatic carboxylic acids is 1. The van der Waals surface area contributed by atoms with Gasteiger partial charge in [0.15, 0.2) is 0 Å². The maximum absolute atomic E-state index is 10.7. The first-order valence-electron chi connectivity index (χ1n) is 3.77. The summed E-state index contributed by atoms with van der Waals surface area (Å²) in [6.07, 6.45) is 4.88. The Morgan fingerprint density at radius 1 is 1.67 bits per heavy atom. The second-order valence-electron chi connectivity index (χ2n) is 3.20. The summed E-state index contributed by atoms with van der Waals surface area (Å²) in [5.74, 6) is -1.83. The second kappa shape index (κ2) is 2.75. The van der Waals surface area contributed by atoms with Crippen LogP contribution >= 0.6 is 0 Å². The molecule has 0 saturated carbocycles. The minimum absolute atomic E-state index is 0.678. The molecule has 3 heteroatoms. The van der Waals surface area contributed by atoms with Gasteiger partial charge in [-0.2, -0.15) is 0 Å². The van der Waals surface area contributed by atoms with Gasteiger partial charge in [-0.1, -0.05) is 18.2 Å². The van der Waals surface area contributed by atoms with Gasteiger partial charge in [0, 0.05) is 0 Å². The second-order valence-corrected chi connectivity index (χ2v) is 3.20. The van der Waals surface area contributed by atoms with Crippen LogP contribution in [0.5, 0.6) is 0 Å². The Kier molecular flexibility index (Phi) is 2.06. The van der Waals surface area contributed by atoms with Crippen molar-refractivity contribution in [2.45, 2.75) is 19.4 Å². The minimum Gasteiger partial charge on any atom is -0.481 e. The molecule has 0 saturated heterocycles. The molecule has 66 valence electrons. The fourth-order valence-electron chi connectivity index (χ4n) is 1.24. The number of hydrogen-bond acceptors (Lipinski definition) is 2. The maximum atomic E-state index is 10.7. The Hall–Kier alpha value is -1.09. The van der Waals surface area contributed by atoms with Crippen LogP contribution in [-0.2, 0) is 4.79 Å². The average molecular weight is 168 g/mol. The molecule has 0 radical (unpaired) electrons. The third-order valence-corrected chi connectivity index (χ3v) is 2.32. The van der Waals surface area contributed by atoms with E-state index in [-0.39, 0.29) is 0 Å². The van der Waals surface area contributed by atoms with E-state index in [9.17, 15) is 9.90 Å². The van der Waals surface area contributed by atoms with Gasteiger partial charge in [-0.05, 0) is 19.4 Å². The van der Waals surface area contributed by atoms with Gasteiger partial charge in [-0.3, -0.25) is 4.79 Å². The van der Waals surface area contributed by atoms with Gasteiger partial charge in [0.2, 0.25) is 0 Å². The number of rotatable bonds is 1. The van der Waals surface area contributed by atoms with Crippen LogP contribution in [0.25, 0.3) is 0 Å². The van der Waals surface area contributed by atoms with Crippen molar-refractivity contribution in [2.75, 3.05) is 0 Å². The molecule has 0 heterocycles. The van der Waals surface area contributed by atoms with Crippen molar-refractivity contribution in [3.8, 4) is 0 Å². The van der Waals surface area contributed by atoms with Crippen molar-refractivity contribution in [2.24, 2.45) is 5.92 Å². The number of carbonyl (C=O) groups is 1. The fourth-order valence-corrected chi connectivity index (χ4v) is 1.24. The van der Waals surface area contributed by atoms with Crippen LogP contribution < -0.4 is 0 Å². The van der Waals surface area contributed by atoms with Crippen molar-refractivity contribution in [3.63, 3.8) is 0 Å². The van der Waals surface area contributed by atoms with Crippen molar-refractivity contribution >= 4 is 5.97 Å². The lowest BCUT2D eigenvalue weighted by atomic mass is 9.80. The van der Waals surface area contributed by atoms with Gasteiger partial charge < -0.3 is 10.2 Å². The highest BCUT2D eigenvalue weighted by molar-refractivity contribution is 5.75. The van der Waals surface area contributed by atoms with Crippen LogP contribution in [0.15, 0.2) is 23.8 Å².